The summed E-state index contributed by atoms with van der Waals surface area (Å²) in [7, 11) is 2.12. The van der Waals surface area contributed by atoms with Gasteiger partial charge < -0.3 is 35.0 Å². The molecule has 11 nitrogen and oxygen atoms in total. The number of hydrogen-bond acceptors (Lipinski definition) is 9. The molecule has 4 aliphatic rings. The third kappa shape index (κ3) is 10.0. The third-order valence-corrected chi connectivity index (χ3v) is 11.6. The summed E-state index contributed by atoms with van der Waals surface area (Å²) < 4.78 is 37.7. The molecule has 1 aromatic carbocycles. The molecule has 0 spiro atoms. The van der Waals surface area contributed by atoms with Crippen LogP contribution in [-0.4, -0.2) is 89.3 Å². The van der Waals surface area contributed by atoms with Crippen LogP contribution < -0.4 is 16.5 Å². The second-order valence-electron chi connectivity index (χ2n) is 17.6. The number of benzene rings is 1. The Balaban J connectivity index is 0.00000194. The quantitative estimate of drug-likeness (QED) is 0.111. The van der Waals surface area contributed by atoms with Crippen molar-refractivity contribution in [2.24, 2.45) is 28.8 Å². The van der Waals surface area contributed by atoms with Gasteiger partial charge in [-0.05, 0) is 87.9 Å². The first kappa shape index (κ1) is 43.3. The molecule has 0 radical (unpaired) electrons. The number of nitrogens with zero attached hydrogens (tertiary/aromatic N) is 6. The monoisotopic (exact) mass is 781 g/mol. The molecule has 2 saturated heterocycles. The maximum absolute atomic E-state index is 14.9. The smallest absolute Gasteiger partial charge is 0.264 e. The van der Waals surface area contributed by atoms with Crippen LogP contribution in [0, 0.1) is 17.3 Å². The summed E-state index contributed by atoms with van der Waals surface area (Å²) in [6.07, 6.45) is 6.20. The lowest BCUT2D eigenvalue weighted by atomic mass is 9.83. The van der Waals surface area contributed by atoms with Crippen LogP contribution in [0.5, 0.6) is 0 Å². The molecule has 13 heteroatoms. The van der Waals surface area contributed by atoms with Crippen LogP contribution in [0.1, 0.15) is 125 Å². The Bertz CT molecular complexity index is 1720. The maximum Gasteiger partial charge on any atom is 0.264 e. The van der Waals surface area contributed by atoms with Gasteiger partial charge in [0.2, 0.25) is 0 Å². The number of carbonyl (C=O) groups is 2. The van der Waals surface area contributed by atoms with Crippen LogP contribution in [0.15, 0.2) is 36.2 Å². The Hall–Kier alpha value is -3.81. The lowest BCUT2D eigenvalue weighted by molar-refractivity contribution is -0.106. The summed E-state index contributed by atoms with van der Waals surface area (Å²) in [4.78, 5) is 29.0. The molecule has 1 unspecified atom stereocenters. The highest BCUT2D eigenvalue weighted by Gasteiger charge is 2.35. The van der Waals surface area contributed by atoms with Crippen LogP contribution in [0.25, 0.3) is 0 Å². The fourth-order valence-corrected chi connectivity index (χ4v) is 9.00. The van der Waals surface area contributed by atoms with Crippen molar-refractivity contribution in [3.63, 3.8) is 0 Å². The molecule has 2 fully saturated rings. The van der Waals surface area contributed by atoms with Crippen LogP contribution >= 0.6 is 0 Å². The number of likely N-dealkylation sites (N-methyl/N-ethyl adjacent to an activating group) is 1. The van der Waals surface area contributed by atoms with Crippen LogP contribution in [0.3, 0.4) is 0 Å². The molecular formula is C43H66F2N8O3. The average Bonchev–Trinajstić information content (AvgIpc) is 3.52. The molecule has 310 valence electrons. The Morgan fingerprint density at radius 2 is 1.75 bits per heavy atom. The number of fused-ring (bicyclic) bond motifs is 2. The van der Waals surface area contributed by atoms with Gasteiger partial charge in [0.1, 0.15) is 6.29 Å². The van der Waals surface area contributed by atoms with Gasteiger partial charge in [-0.3, -0.25) is 9.48 Å². The van der Waals surface area contributed by atoms with Crippen molar-refractivity contribution in [3.8, 4) is 0 Å². The number of aryl methyl sites for hydroxylation is 1. The molecule has 6 rings (SSSR count). The molecular weight excluding hydrogens is 715 g/mol. The van der Waals surface area contributed by atoms with Gasteiger partial charge >= 0.3 is 0 Å². The number of rotatable bonds is 10. The van der Waals surface area contributed by atoms with E-state index in [2.05, 4.69) is 62.7 Å². The minimum absolute atomic E-state index is 0.0337. The summed E-state index contributed by atoms with van der Waals surface area (Å²) in [6, 6.07) is 3.52. The molecule has 4 aliphatic heterocycles. The van der Waals surface area contributed by atoms with Gasteiger partial charge in [-0.2, -0.15) is 5.10 Å². The van der Waals surface area contributed by atoms with Gasteiger partial charge in [0.25, 0.3) is 12.3 Å². The Kier molecular flexibility index (Phi) is 14.4. The molecule has 1 atom stereocenters. The first-order chi connectivity index (χ1) is 26.5. The van der Waals surface area contributed by atoms with E-state index >= 15 is 0 Å². The Labute approximate surface area is 333 Å². The first-order valence-electron chi connectivity index (χ1n) is 20.5. The fraction of sp³-hybridized carbons (Fsp3) is 0.651. The minimum atomic E-state index is -2.79. The summed E-state index contributed by atoms with van der Waals surface area (Å²) in [6.45, 7) is 21.3. The largest absolute Gasteiger partial charge is 0.401 e. The number of hydrogen-bond donors (Lipinski definition) is 2. The van der Waals surface area contributed by atoms with Crippen molar-refractivity contribution in [2.45, 2.75) is 118 Å². The highest BCUT2D eigenvalue weighted by molar-refractivity contribution is 5.97. The lowest BCUT2D eigenvalue weighted by Crippen LogP contribution is -2.44. The standard InChI is InChI=1S/C41H62F2N8O2.C2H4O/c1-26(2)37(27(3)23-41(4,5)6)50(45)25-34(44)28-10-17-48(18-11-28)40(52)32-21-29-9-8-15-49(36(29)22-31(32)38(42)43)39-33-24-47(7)16-12-35(33)51(46-39)30-13-19-53-20-14-30;1-2-3/h21-22,25-26,28,30,37-38H,3,8-20,23-24,44-45H2,1-2,4-7H3;2H,1H3/b34-25-;. The van der Waals surface area contributed by atoms with Gasteiger partial charge in [-0.1, -0.05) is 46.8 Å². The van der Waals surface area contributed by atoms with E-state index < -0.39 is 6.43 Å². The lowest BCUT2D eigenvalue weighted by Gasteiger charge is -2.36. The molecule has 4 N–H and O–H groups in total. The second kappa shape index (κ2) is 18.6. The zero-order valence-corrected chi connectivity index (χ0v) is 34.8. The number of aldehydes is 1. The number of amides is 1. The van der Waals surface area contributed by atoms with E-state index in [1.54, 1.807) is 22.0 Å². The molecule has 0 bridgehead atoms. The molecule has 1 aromatic heterocycles. The number of ether oxygens (including phenoxy) is 1. The van der Waals surface area contributed by atoms with Crippen LogP contribution in [0.4, 0.5) is 20.3 Å². The van der Waals surface area contributed by atoms with Gasteiger partial charge in [0.05, 0.1) is 12.1 Å². The van der Waals surface area contributed by atoms with Crippen LogP contribution in [-0.2, 0) is 28.9 Å². The third-order valence-electron chi connectivity index (χ3n) is 11.6. The predicted molar refractivity (Wildman–Crippen MR) is 219 cm³/mol. The molecule has 2 aromatic rings. The number of carbonyl (C=O) groups excluding carboxylic acids is 2. The topological polar surface area (TPSA) is 126 Å². The van der Waals surface area contributed by atoms with Crippen LogP contribution in [0.2, 0.25) is 0 Å². The fourth-order valence-electron chi connectivity index (χ4n) is 9.00. The van der Waals surface area contributed by atoms with E-state index in [9.17, 15) is 13.6 Å². The Morgan fingerprint density at radius 1 is 1.09 bits per heavy atom. The summed E-state index contributed by atoms with van der Waals surface area (Å²) in [5.41, 5.74) is 12.4. The molecule has 5 heterocycles. The van der Waals surface area contributed by atoms with E-state index in [0.29, 0.717) is 38.2 Å². The first-order valence-corrected chi connectivity index (χ1v) is 20.5. The van der Waals surface area contributed by atoms with E-state index in [0.717, 1.165) is 93.8 Å². The van der Waals surface area contributed by atoms with E-state index in [1.165, 1.54) is 18.2 Å². The van der Waals surface area contributed by atoms with Crippen molar-refractivity contribution in [3.05, 3.63) is 64.1 Å². The number of hydrazine groups is 1. The highest BCUT2D eigenvalue weighted by atomic mass is 19.3. The van der Waals surface area contributed by atoms with Crippen molar-refractivity contribution >= 4 is 23.7 Å². The molecule has 56 heavy (non-hydrogen) atoms. The second-order valence-corrected chi connectivity index (χ2v) is 17.6. The summed E-state index contributed by atoms with van der Waals surface area (Å²) in [5.74, 6) is 7.38. The van der Waals surface area contributed by atoms with E-state index in [1.807, 2.05) is 6.20 Å². The number of piperidine rings is 1. The number of likely N-dealkylation sites (tertiary alicyclic amines) is 1. The van der Waals surface area contributed by atoms with Gasteiger partial charge in [0, 0.05) is 98.2 Å². The van der Waals surface area contributed by atoms with Gasteiger partial charge in [-0.25, -0.2) is 14.6 Å². The predicted octanol–water partition coefficient (Wildman–Crippen LogP) is 7.29. The number of allylic oxidation sites excluding steroid dienone is 1. The summed E-state index contributed by atoms with van der Waals surface area (Å²) in [5, 5.41) is 6.92. The number of nitrogens with two attached hydrogens (primary N) is 2. The number of halogens is 2. The number of alkyl halides is 2. The van der Waals surface area contributed by atoms with E-state index in [4.69, 9.17) is 26.2 Å². The van der Waals surface area contributed by atoms with Gasteiger partial charge in [0.15, 0.2) is 5.82 Å². The summed E-state index contributed by atoms with van der Waals surface area (Å²) >= 11 is 0. The number of aromatic nitrogens is 2. The normalized spacial score (nSPS) is 19.3. The average molecular weight is 781 g/mol. The van der Waals surface area contributed by atoms with Crippen molar-refractivity contribution in [2.75, 3.05) is 51.3 Å². The van der Waals surface area contributed by atoms with Crippen molar-refractivity contribution in [1.29, 1.82) is 0 Å². The molecule has 0 saturated carbocycles. The maximum atomic E-state index is 14.9. The van der Waals surface area contributed by atoms with Crippen molar-refractivity contribution < 1.29 is 23.1 Å². The van der Waals surface area contributed by atoms with Gasteiger partial charge in [-0.15, -0.1) is 0 Å². The zero-order chi connectivity index (χ0) is 40.9. The highest BCUT2D eigenvalue weighted by Crippen LogP contribution is 2.42. The minimum Gasteiger partial charge on any atom is -0.401 e. The Morgan fingerprint density at radius 3 is 2.36 bits per heavy atom. The van der Waals surface area contributed by atoms with Crippen molar-refractivity contribution in [1.82, 2.24) is 24.6 Å². The molecule has 1 amide bonds. The van der Waals surface area contributed by atoms with E-state index in [-0.39, 0.29) is 46.4 Å². The SMILES string of the molecule is C=C(CC(C)(C)C)C(C(C)C)N(N)/C=C(\N)C1CCN(C(=O)c2cc3c(cc2C(F)F)N(c2nn(C4CCOCC4)c4c2CN(C)CC4)CCC3)CC1.CC=O. The molecule has 0 aliphatic carbocycles. The zero-order valence-electron chi connectivity index (χ0n) is 34.8. The number of anilines is 2.